The maximum atomic E-state index is 12.3. The first kappa shape index (κ1) is 18.1. The van der Waals surface area contributed by atoms with Crippen molar-refractivity contribution in [1.82, 2.24) is 20.4 Å². The van der Waals surface area contributed by atoms with Crippen molar-refractivity contribution in [3.8, 4) is 0 Å². The second-order valence-corrected chi connectivity index (χ2v) is 8.26. The Morgan fingerprint density at radius 1 is 1.37 bits per heavy atom. The normalized spacial score (nSPS) is 17.7. The van der Waals surface area contributed by atoms with Crippen LogP contribution in [0.15, 0.2) is 10.6 Å². The van der Waals surface area contributed by atoms with E-state index >= 15 is 0 Å². The van der Waals surface area contributed by atoms with Crippen LogP contribution in [0.25, 0.3) is 0 Å². The maximum absolute atomic E-state index is 12.3. The molecular formula is C18H23N5O3S. The van der Waals surface area contributed by atoms with Crippen LogP contribution in [-0.4, -0.2) is 46.0 Å². The summed E-state index contributed by atoms with van der Waals surface area (Å²) in [5.74, 6) is 0.362. The second-order valence-electron chi connectivity index (χ2n) is 7.18. The summed E-state index contributed by atoms with van der Waals surface area (Å²) in [6, 6.07) is 1.94. The van der Waals surface area contributed by atoms with Gasteiger partial charge in [-0.25, -0.2) is 4.98 Å². The lowest BCUT2D eigenvalue weighted by molar-refractivity contribution is -0.123. The van der Waals surface area contributed by atoms with Crippen LogP contribution in [0.2, 0.25) is 0 Å². The monoisotopic (exact) mass is 389 g/mol. The molecular weight excluding hydrogens is 366 g/mol. The van der Waals surface area contributed by atoms with Gasteiger partial charge in [0.05, 0.1) is 12.2 Å². The molecule has 2 amide bonds. The van der Waals surface area contributed by atoms with Gasteiger partial charge < -0.3 is 9.84 Å². The molecule has 1 saturated carbocycles. The molecule has 2 aliphatic rings. The Morgan fingerprint density at radius 3 is 2.93 bits per heavy atom. The first-order valence-corrected chi connectivity index (χ1v) is 10.1. The molecule has 8 nitrogen and oxygen atoms in total. The van der Waals surface area contributed by atoms with Crippen LogP contribution >= 0.6 is 11.3 Å². The van der Waals surface area contributed by atoms with Crippen molar-refractivity contribution in [3.63, 3.8) is 0 Å². The Morgan fingerprint density at radius 2 is 2.19 bits per heavy atom. The highest BCUT2D eigenvalue weighted by atomic mass is 32.1. The fraction of sp³-hybridized carbons (Fsp3) is 0.556. The fourth-order valence-electron chi connectivity index (χ4n) is 3.62. The fourth-order valence-corrected chi connectivity index (χ4v) is 4.66. The summed E-state index contributed by atoms with van der Waals surface area (Å²) in [5, 5.41) is 10.2. The third-order valence-electron chi connectivity index (χ3n) is 4.98. The minimum Gasteiger partial charge on any atom is -0.361 e. The largest absolute Gasteiger partial charge is 0.361 e. The summed E-state index contributed by atoms with van der Waals surface area (Å²) in [4.78, 5) is 32.2. The lowest BCUT2D eigenvalue weighted by Crippen LogP contribution is -2.42. The van der Waals surface area contributed by atoms with Crippen LogP contribution in [-0.2, 0) is 17.8 Å². The van der Waals surface area contributed by atoms with Crippen molar-refractivity contribution >= 4 is 28.3 Å². The Hall–Kier alpha value is -2.26. The number of carbonyl (C=O) groups excluding carboxylic acids is 2. The molecule has 2 aromatic rings. The van der Waals surface area contributed by atoms with Gasteiger partial charge in [-0.2, -0.15) is 0 Å². The van der Waals surface area contributed by atoms with E-state index in [0.717, 1.165) is 36.4 Å². The van der Waals surface area contributed by atoms with Crippen molar-refractivity contribution in [2.75, 3.05) is 18.4 Å². The van der Waals surface area contributed by atoms with Crippen LogP contribution in [0.4, 0.5) is 5.13 Å². The Kier molecular flexibility index (Phi) is 5.22. The van der Waals surface area contributed by atoms with E-state index in [9.17, 15) is 9.59 Å². The summed E-state index contributed by atoms with van der Waals surface area (Å²) in [6.45, 7) is 3.63. The highest BCUT2D eigenvalue weighted by Gasteiger charge is 2.24. The average molecular weight is 389 g/mol. The van der Waals surface area contributed by atoms with Crippen molar-refractivity contribution < 1.29 is 14.1 Å². The minimum absolute atomic E-state index is 0.102. The summed E-state index contributed by atoms with van der Waals surface area (Å²) < 4.78 is 4.93. The average Bonchev–Trinajstić information content (AvgIpc) is 3.35. The number of carbonyl (C=O) groups is 2. The second kappa shape index (κ2) is 7.77. The Balaban J connectivity index is 1.33. The number of fused-ring (bicyclic) bond motifs is 1. The molecule has 1 fully saturated rings. The number of thiazole rings is 1. The number of rotatable bonds is 5. The van der Waals surface area contributed by atoms with Crippen LogP contribution in [0.3, 0.4) is 0 Å². The van der Waals surface area contributed by atoms with Crippen LogP contribution < -0.4 is 10.6 Å². The number of nitrogens with zero attached hydrogens (tertiary/aromatic N) is 3. The molecule has 27 heavy (non-hydrogen) atoms. The van der Waals surface area contributed by atoms with Crippen molar-refractivity contribution in [2.24, 2.45) is 0 Å². The van der Waals surface area contributed by atoms with E-state index in [0.29, 0.717) is 30.0 Å². The standard InChI is InChI=1S/C18H23N5O3S/c1-11-8-14(22-26-11)17(25)21-18-20-13-6-7-23(9-15(13)27-18)10-16(24)19-12-4-2-3-5-12/h8,12H,2-7,9-10H2,1H3,(H,19,24)(H,20,21,25). The van der Waals surface area contributed by atoms with Crippen molar-refractivity contribution in [2.45, 2.75) is 51.6 Å². The zero-order chi connectivity index (χ0) is 18.8. The lowest BCUT2D eigenvalue weighted by Gasteiger charge is -2.25. The number of hydrogen-bond donors (Lipinski definition) is 2. The molecule has 144 valence electrons. The highest BCUT2D eigenvalue weighted by molar-refractivity contribution is 7.15. The lowest BCUT2D eigenvalue weighted by atomic mass is 10.2. The van der Waals surface area contributed by atoms with E-state index < -0.39 is 0 Å². The zero-order valence-corrected chi connectivity index (χ0v) is 16.1. The molecule has 1 aliphatic heterocycles. The maximum Gasteiger partial charge on any atom is 0.279 e. The van der Waals surface area contributed by atoms with Gasteiger partial charge in [-0.3, -0.25) is 19.8 Å². The summed E-state index contributed by atoms with van der Waals surface area (Å²) in [5.41, 5.74) is 1.24. The molecule has 2 N–H and O–H groups in total. The van der Waals surface area contributed by atoms with E-state index in [4.69, 9.17) is 4.52 Å². The van der Waals surface area contributed by atoms with Gasteiger partial charge in [0.25, 0.3) is 5.91 Å². The number of hydrogen-bond acceptors (Lipinski definition) is 7. The number of anilines is 1. The van der Waals surface area contributed by atoms with Gasteiger partial charge in [-0.15, -0.1) is 11.3 Å². The van der Waals surface area contributed by atoms with Crippen molar-refractivity contribution in [3.05, 3.63) is 28.1 Å². The van der Waals surface area contributed by atoms with Gasteiger partial charge in [0.2, 0.25) is 5.91 Å². The van der Waals surface area contributed by atoms with Gasteiger partial charge in [0, 0.05) is 36.5 Å². The quantitative estimate of drug-likeness (QED) is 0.812. The summed E-state index contributed by atoms with van der Waals surface area (Å²) in [6.07, 6.45) is 5.39. The van der Waals surface area contributed by atoms with Gasteiger partial charge in [-0.1, -0.05) is 18.0 Å². The topological polar surface area (TPSA) is 100 Å². The third-order valence-corrected chi connectivity index (χ3v) is 5.98. The summed E-state index contributed by atoms with van der Waals surface area (Å²) >= 11 is 1.45. The molecule has 0 spiro atoms. The van der Waals surface area contributed by atoms with E-state index in [-0.39, 0.29) is 17.5 Å². The van der Waals surface area contributed by atoms with E-state index in [1.54, 1.807) is 13.0 Å². The van der Waals surface area contributed by atoms with Crippen LogP contribution in [0.5, 0.6) is 0 Å². The van der Waals surface area contributed by atoms with Crippen LogP contribution in [0.1, 0.15) is 52.5 Å². The van der Waals surface area contributed by atoms with Gasteiger partial charge >= 0.3 is 0 Å². The molecule has 2 aromatic heterocycles. The molecule has 0 bridgehead atoms. The molecule has 0 unspecified atom stereocenters. The van der Waals surface area contributed by atoms with Crippen molar-refractivity contribution in [1.29, 1.82) is 0 Å². The predicted molar refractivity (Wildman–Crippen MR) is 101 cm³/mol. The molecule has 0 aromatic carbocycles. The number of amides is 2. The first-order chi connectivity index (χ1) is 13.1. The van der Waals surface area contributed by atoms with Gasteiger partial charge in [0.15, 0.2) is 10.8 Å². The Labute approximate surface area is 161 Å². The molecule has 4 rings (SSSR count). The predicted octanol–water partition coefficient (Wildman–Crippen LogP) is 2.11. The first-order valence-electron chi connectivity index (χ1n) is 9.32. The molecule has 3 heterocycles. The third kappa shape index (κ3) is 4.36. The number of aromatic nitrogens is 2. The van der Waals surface area contributed by atoms with Crippen LogP contribution in [0, 0.1) is 6.92 Å². The number of aryl methyl sites for hydroxylation is 1. The van der Waals surface area contributed by atoms with E-state index in [1.807, 2.05) is 0 Å². The highest BCUT2D eigenvalue weighted by Crippen LogP contribution is 2.28. The van der Waals surface area contributed by atoms with E-state index in [1.165, 1.54) is 24.2 Å². The molecule has 0 saturated heterocycles. The van der Waals surface area contributed by atoms with E-state index in [2.05, 4.69) is 25.7 Å². The molecule has 0 atom stereocenters. The minimum atomic E-state index is -0.328. The molecule has 0 radical (unpaired) electrons. The SMILES string of the molecule is Cc1cc(C(=O)Nc2nc3c(s2)CN(CC(=O)NC2CCCC2)CC3)no1. The Bertz CT molecular complexity index is 840. The van der Waals surface area contributed by atoms with Gasteiger partial charge in [0.1, 0.15) is 5.76 Å². The zero-order valence-electron chi connectivity index (χ0n) is 15.3. The number of nitrogens with one attached hydrogen (secondary N) is 2. The smallest absolute Gasteiger partial charge is 0.279 e. The van der Waals surface area contributed by atoms with Gasteiger partial charge in [-0.05, 0) is 19.8 Å². The molecule has 9 heteroatoms. The summed E-state index contributed by atoms with van der Waals surface area (Å²) in [7, 11) is 0. The molecule has 1 aliphatic carbocycles.